The Morgan fingerprint density at radius 2 is 2.10 bits per heavy atom. The molecule has 114 valence electrons. The molecule has 2 unspecified atom stereocenters. The molecule has 0 bridgehead atoms. The number of sulfonamides is 1. The first-order valence-corrected chi connectivity index (χ1v) is 7.90. The minimum atomic E-state index is -4.32. The number of hydrogen-bond donors (Lipinski definition) is 1. The zero-order valence-corrected chi connectivity index (χ0v) is 11.5. The van der Waals surface area contributed by atoms with Crippen molar-refractivity contribution >= 4 is 10.0 Å². The van der Waals surface area contributed by atoms with Gasteiger partial charge in [0.25, 0.3) is 0 Å². The van der Waals surface area contributed by atoms with E-state index in [-0.39, 0.29) is 32.2 Å². The summed E-state index contributed by atoms with van der Waals surface area (Å²) in [7, 11) is -3.74. The molecule has 4 nitrogen and oxygen atoms in total. The van der Waals surface area contributed by atoms with E-state index in [0.717, 1.165) is 0 Å². The maximum Gasteiger partial charge on any atom is 0.391 e. The third-order valence-corrected chi connectivity index (χ3v) is 5.44. The summed E-state index contributed by atoms with van der Waals surface area (Å²) in [4.78, 5) is 0. The molecular formula is C12H16F3NO3S. The fourth-order valence-corrected chi connectivity index (χ4v) is 3.99. The predicted molar refractivity (Wildman–Crippen MR) is 66.3 cm³/mol. The van der Waals surface area contributed by atoms with Gasteiger partial charge in [-0.25, -0.2) is 13.1 Å². The molecule has 2 atom stereocenters. The molecular weight excluding hydrogens is 295 g/mol. The molecule has 1 heterocycles. The zero-order chi connectivity index (χ0) is 14.8. The van der Waals surface area contributed by atoms with E-state index in [1.807, 2.05) is 0 Å². The van der Waals surface area contributed by atoms with Gasteiger partial charge < -0.3 is 4.42 Å². The molecule has 1 fully saturated rings. The summed E-state index contributed by atoms with van der Waals surface area (Å²) in [5, 5.41) is -0.977. The van der Waals surface area contributed by atoms with Gasteiger partial charge in [-0.05, 0) is 25.3 Å². The summed E-state index contributed by atoms with van der Waals surface area (Å²) in [6.45, 7) is 0.0337. The molecule has 0 saturated heterocycles. The minimum absolute atomic E-state index is 0.0112. The summed E-state index contributed by atoms with van der Waals surface area (Å²) in [6, 6.07) is 1.60. The van der Waals surface area contributed by atoms with Gasteiger partial charge in [0, 0.05) is 12.1 Å². The molecule has 0 aliphatic heterocycles. The molecule has 0 amide bonds. The van der Waals surface area contributed by atoms with Gasteiger partial charge in [0.2, 0.25) is 10.0 Å². The lowest BCUT2D eigenvalue weighted by molar-refractivity contribution is -0.181. The van der Waals surface area contributed by atoms with Gasteiger partial charge in [-0.3, -0.25) is 0 Å². The monoisotopic (exact) mass is 311 g/mol. The smallest absolute Gasteiger partial charge is 0.391 e. The molecule has 8 heteroatoms. The van der Waals surface area contributed by atoms with Crippen LogP contribution >= 0.6 is 0 Å². The molecule has 0 aromatic carbocycles. The number of hydrogen-bond acceptors (Lipinski definition) is 3. The van der Waals surface area contributed by atoms with Gasteiger partial charge in [-0.15, -0.1) is 0 Å². The van der Waals surface area contributed by atoms with Crippen molar-refractivity contribution in [1.29, 1.82) is 0 Å². The molecule has 2 rings (SSSR count). The normalized spacial score (nSPS) is 24.8. The standard InChI is InChI=1S/C12H16F3NO3S/c13-12(14,15)10-2-1-3-11(6-10)20(17,18)16-7-9-4-5-19-8-9/h4-5,8,10-11,16H,1-3,6-7H2. The van der Waals surface area contributed by atoms with Crippen molar-refractivity contribution in [3.8, 4) is 0 Å². The Kier molecular flexibility index (Phi) is 4.43. The molecule has 1 aliphatic rings. The highest BCUT2D eigenvalue weighted by atomic mass is 32.2. The average molecular weight is 311 g/mol. The van der Waals surface area contributed by atoms with Crippen molar-refractivity contribution in [2.75, 3.05) is 0 Å². The van der Waals surface area contributed by atoms with Crippen LogP contribution in [0.4, 0.5) is 13.2 Å². The predicted octanol–water partition coefficient (Wildman–Crippen LogP) is 2.82. The number of halogens is 3. The van der Waals surface area contributed by atoms with Crippen molar-refractivity contribution in [3.05, 3.63) is 24.2 Å². The number of alkyl halides is 3. The van der Waals surface area contributed by atoms with Crippen LogP contribution in [0.3, 0.4) is 0 Å². The summed E-state index contributed by atoms with van der Waals surface area (Å²) < 4.78 is 69.3. The van der Waals surface area contributed by atoms with Crippen molar-refractivity contribution in [2.24, 2.45) is 5.92 Å². The van der Waals surface area contributed by atoms with Gasteiger partial charge >= 0.3 is 6.18 Å². The van der Waals surface area contributed by atoms with Gasteiger partial charge in [-0.2, -0.15) is 13.2 Å². The van der Waals surface area contributed by atoms with E-state index in [1.165, 1.54) is 12.5 Å². The van der Waals surface area contributed by atoms with Crippen LogP contribution in [0.1, 0.15) is 31.2 Å². The maximum atomic E-state index is 12.7. The van der Waals surface area contributed by atoms with Crippen LogP contribution in [0.5, 0.6) is 0 Å². The highest BCUT2D eigenvalue weighted by Crippen LogP contribution is 2.39. The summed E-state index contributed by atoms with van der Waals surface area (Å²) >= 11 is 0. The van der Waals surface area contributed by atoms with Crippen LogP contribution in [0.25, 0.3) is 0 Å². The molecule has 1 N–H and O–H groups in total. The third-order valence-electron chi connectivity index (χ3n) is 3.59. The summed E-state index contributed by atoms with van der Waals surface area (Å²) in [6.07, 6.45) is -1.32. The fourth-order valence-electron chi connectivity index (χ4n) is 2.42. The number of nitrogens with one attached hydrogen (secondary N) is 1. The Balaban J connectivity index is 1.98. The SMILES string of the molecule is O=S(=O)(NCc1ccoc1)C1CCCC(C(F)(F)F)C1. The minimum Gasteiger partial charge on any atom is -0.472 e. The van der Waals surface area contributed by atoms with E-state index in [0.29, 0.717) is 5.56 Å². The lowest BCUT2D eigenvalue weighted by Gasteiger charge is -2.30. The second-order valence-corrected chi connectivity index (χ2v) is 7.07. The van der Waals surface area contributed by atoms with E-state index in [1.54, 1.807) is 6.07 Å². The molecule has 1 saturated carbocycles. The Hall–Kier alpha value is -1.02. The van der Waals surface area contributed by atoms with Crippen molar-refractivity contribution in [2.45, 2.75) is 43.7 Å². The molecule has 1 aliphatic carbocycles. The Morgan fingerprint density at radius 3 is 2.70 bits per heavy atom. The van der Waals surface area contributed by atoms with Gasteiger partial charge in [-0.1, -0.05) is 6.42 Å². The number of furan rings is 1. The highest BCUT2D eigenvalue weighted by Gasteiger charge is 2.44. The second kappa shape index (κ2) is 5.77. The first-order chi connectivity index (χ1) is 9.29. The molecule has 0 radical (unpaired) electrons. The van der Waals surface area contributed by atoms with E-state index in [4.69, 9.17) is 4.42 Å². The van der Waals surface area contributed by atoms with Crippen molar-refractivity contribution < 1.29 is 26.0 Å². The third kappa shape index (κ3) is 3.76. The first kappa shape index (κ1) is 15.4. The molecule has 1 aromatic heterocycles. The van der Waals surface area contributed by atoms with E-state index < -0.39 is 27.4 Å². The quantitative estimate of drug-likeness (QED) is 0.930. The molecule has 20 heavy (non-hydrogen) atoms. The van der Waals surface area contributed by atoms with Crippen LogP contribution in [0.15, 0.2) is 23.0 Å². The van der Waals surface area contributed by atoms with E-state index in [2.05, 4.69) is 4.72 Å². The zero-order valence-electron chi connectivity index (χ0n) is 10.7. The van der Waals surface area contributed by atoms with Crippen LogP contribution in [-0.2, 0) is 16.6 Å². The van der Waals surface area contributed by atoms with E-state index >= 15 is 0 Å². The van der Waals surface area contributed by atoms with Crippen molar-refractivity contribution in [1.82, 2.24) is 4.72 Å². The Bertz CT molecular complexity index is 525. The first-order valence-electron chi connectivity index (χ1n) is 6.35. The van der Waals surface area contributed by atoms with Crippen LogP contribution in [0.2, 0.25) is 0 Å². The number of rotatable bonds is 4. The molecule has 1 aromatic rings. The lowest BCUT2D eigenvalue weighted by Crippen LogP contribution is -2.40. The molecule has 0 spiro atoms. The van der Waals surface area contributed by atoms with Crippen molar-refractivity contribution in [3.63, 3.8) is 0 Å². The fraction of sp³-hybridized carbons (Fsp3) is 0.667. The largest absolute Gasteiger partial charge is 0.472 e. The van der Waals surface area contributed by atoms with Crippen LogP contribution in [-0.4, -0.2) is 19.8 Å². The lowest BCUT2D eigenvalue weighted by atomic mass is 9.88. The van der Waals surface area contributed by atoms with Gasteiger partial charge in [0.15, 0.2) is 0 Å². The maximum absolute atomic E-state index is 12.7. The summed E-state index contributed by atoms with van der Waals surface area (Å²) in [5.74, 6) is -1.52. The van der Waals surface area contributed by atoms with Gasteiger partial charge in [0.1, 0.15) is 0 Å². The van der Waals surface area contributed by atoms with Gasteiger partial charge in [0.05, 0.1) is 23.7 Å². The second-order valence-electron chi connectivity index (χ2n) is 5.02. The van der Waals surface area contributed by atoms with Crippen LogP contribution in [0, 0.1) is 5.92 Å². The topological polar surface area (TPSA) is 59.3 Å². The Labute approximate surface area is 115 Å². The average Bonchev–Trinajstić information content (AvgIpc) is 2.89. The van der Waals surface area contributed by atoms with Crippen LogP contribution < -0.4 is 4.72 Å². The Morgan fingerprint density at radius 1 is 1.35 bits per heavy atom. The van der Waals surface area contributed by atoms with E-state index in [9.17, 15) is 21.6 Å². The summed E-state index contributed by atoms with van der Waals surface area (Å²) in [5.41, 5.74) is 0.636. The highest BCUT2D eigenvalue weighted by molar-refractivity contribution is 7.90.